The van der Waals surface area contributed by atoms with Crippen molar-refractivity contribution in [3.63, 3.8) is 0 Å². The summed E-state index contributed by atoms with van der Waals surface area (Å²) in [4.78, 5) is 10.1. The molecule has 0 rings (SSSR count). The molecular formula is C5H10O4. The van der Waals surface area contributed by atoms with E-state index in [1.165, 1.54) is 6.92 Å². The molecule has 0 heterocycles. The van der Waals surface area contributed by atoms with Gasteiger partial charge in [-0.25, -0.2) is 4.79 Å². The van der Waals surface area contributed by atoms with Gasteiger partial charge >= 0.3 is 5.97 Å². The standard InChI is InChI=1S/C5H10O4/c1-4(7)3-9-5(8)2-6/h4,6-7H,2-3H2,1H3. The van der Waals surface area contributed by atoms with Gasteiger partial charge in [0, 0.05) is 0 Å². The van der Waals surface area contributed by atoms with Crippen molar-refractivity contribution in [3.8, 4) is 0 Å². The molecule has 0 fully saturated rings. The minimum absolute atomic E-state index is 0.0562. The molecule has 2 N–H and O–H groups in total. The first-order valence-corrected chi connectivity index (χ1v) is 2.61. The molecule has 0 radical (unpaired) electrons. The zero-order chi connectivity index (χ0) is 7.28. The Hall–Kier alpha value is -0.610. The van der Waals surface area contributed by atoms with Gasteiger partial charge in [-0.1, -0.05) is 0 Å². The topological polar surface area (TPSA) is 66.8 Å². The fraction of sp³-hybridized carbons (Fsp3) is 0.800. The Labute approximate surface area is 53.1 Å². The maximum atomic E-state index is 10.1. The predicted octanol–water partition coefficient (Wildman–Crippen LogP) is -1.10. The second kappa shape index (κ2) is 4.29. The van der Waals surface area contributed by atoms with Gasteiger partial charge < -0.3 is 14.9 Å². The molecule has 0 saturated carbocycles. The summed E-state index contributed by atoms with van der Waals surface area (Å²) in [5, 5.41) is 16.6. The van der Waals surface area contributed by atoms with Crippen LogP contribution in [0.3, 0.4) is 0 Å². The first kappa shape index (κ1) is 8.39. The van der Waals surface area contributed by atoms with Gasteiger partial charge in [0.25, 0.3) is 0 Å². The molecule has 0 spiro atoms. The third kappa shape index (κ3) is 5.26. The number of esters is 1. The van der Waals surface area contributed by atoms with Crippen molar-refractivity contribution in [1.82, 2.24) is 0 Å². The molecule has 0 aliphatic rings. The molecule has 4 nitrogen and oxygen atoms in total. The number of ether oxygens (including phenoxy) is 1. The highest BCUT2D eigenvalue weighted by atomic mass is 16.6. The molecule has 0 saturated heterocycles. The van der Waals surface area contributed by atoms with Crippen LogP contribution >= 0.6 is 0 Å². The molecule has 0 aromatic heterocycles. The molecule has 0 aromatic rings. The van der Waals surface area contributed by atoms with Crippen LogP contribution in [0.1, 0.15) is 6.92 Å². The van der Waals surface area contributed by atoms with Crippen molar-refractivity contribution < 1.29 is 19.7 Å². The molecule has 9 heavy (non-hydrogen) atoms. The second-order valence-electron chi connectivity index (χ2n) is 1.69. The van der Waals surface area contributed by atoms with Gasteiger partial charge in [0.05, 0.1) is 6.10 Å². The highest BCUT2D eigenvalue weighted by molar-refractivity contribution is 5.70. The Balaban J connectivity index is 3.17. The number of carbonyl (C=O) groups excluding carboxylic acids is 1. The molecule has 0 aromatic carbocycles. The van der Waals surface area contributed by atoms with E-state index in [4.69, 9.17) is 10.2 Å². The minimum Gasteiger partial charge on any atom is -0.461 e. The highest BCUT2D eigenvalue weighted by Gasteiger charge is 2.00. The van der Waals surface area contributed by atoms with Crippen LogP contribution in [0.4, 0.5) is 0 Å². The maximum Gasteiger partial charge on any atom is 0.331 e. The number of rotatable bonds is 3. The van der Waals surface area contributed by atoms with Crippen LogP contribution in [0.25, 0.3) is 0 Å². The average Bonchev–Trinajstić information content (AvgIpc) is 1.83. The normalized spacial score (nSPS) is 12.8. The molecule has 54 valence electrons. The van der Waals surface area contributed by atoms with Crippen LogP contribution in [0.15, 0.2) is 0 Å². The SMILES string of the molecule is CC(O)COC(=O)CO. The Kier molecular flexibility index (Phi) is 4.00. The lowest BCUT2D eigenvalue weighted by Gasteiger charge is -2.03. The Morgan fingerprint density at radius 1 is 1.78 bits per heavy atom. The van der Waals surface area contributed by atoms with Crippen LogP contribution in [-0.2, 0) is 9.53 Å². The molecule has 4 heteroatoms. The van der Waals surface area contributed by atoms with E-state index in [0.717, 1.165) is 0 Å². The molecule has 0 bridgehead atoms. The molecule has 0 amide bonds. The minimum atomic E-state index is -0.712. The van der Waals surface area contributed by atoms with Crippen LogP contribution < -0.4 is 0 Å². The van der Waals surface area contributed by atoms with Crippen molar-refractivity contribution in [2.75, 3.05) is 13.2 Å². The second-order valence-corrected chi connectivity index (χ2v) is 1.69. The zero-order valence-electron chi connectivity index (χ0n) is 5.20. The highest BCUT2D eigenvalue weighted by Crippen LogP contribution is 1.82. The zero-order valence-corrected chi connectivity index (χ0v) is 5.20. The number of hydrogen-bond acceptors (Lipinski definition) is 4. The summed E-state index contributed by atoms with van der Waals surface area (Å²) < 4.78 is 4.31. The number of hydrogen-bond donors (Lipinski definition) is 2. The quantitative estimate of drug-likeness (QED) is 0.481. The Morgan fingerprint density at radius 3 is 2.67 bits per heavy atom. The van der Waals surface area contributed by atoms with Crippen molar-refractivity contribution >= 4 is 5.97 Å². The van der Waals surface area contributed by atoms with Crippen LogP contribution in [0.5, 0.6) is 0 Å². The molecule has 1 atom stereocenters. The summed E-state index contributed by atoms with van der Waals surface area (Å²) in [6, 6.07) is 0. The van der Waals surface area contributed by atoms with Gasteiger partial charge in [-0.15, -0.1) is 0 Å². The monoisotopic (exact) mass is 134 g/mol. The molecular weight excluding hydrogens is 124 g/mol. The first-order valence-electron chi connectivity index (χ1n) is 2.61. The Bertz CT molecular complexity index is 89.0. The van der Waals surface area contributed by atoms with Gasteiger partial charge in [0.15, 0.2) is 0 Å². The van der Waals surface area contributed by atoms with E-state index in [0.29, 0.717) is 0 Å². The molecule has 1 unspecified atom stereocenters. The van der Waals surface area contributed by atoms with E-state index < -0.39 is 18.7 Å². The lowest BCUT2D eigenvalue weighted by molar-refractivity contribution is -0.149. The van der Waals surface area contributed by atoms with Crippen molar-refractivity contribution in [3.05, 3.63) is 0 Å². The van der Waals surface area contributed by atoms with Gasteiger partial charge in [-0.05, 0) is 6.92 Å². The van der Waals surface area contributed by atoms with E-state index >= 15 is 0 Å². The van der Waals surface area contributed by atoms with E-state index in [1.54, 1.807) is 0 Å². The predicted molar refractivity (Wildman–Crippen MR) is 29.7 cm³/mol. The van der Waals surface area contributed by atoms with Gasteiger partial charge in [-0.2, -0.15) is 0 Å². The number of aliphatic hydroxyl groups is 2. The van der Waals surface area contributed by atoms with Crippen molar-refractivity contribution in [1.29, 1.82) is 0 Å². The Morgan fingerprint density at radius 2 is 2.33 bits per heavy atom. The van der Waals surface area contributed by atoms with Gasteiger partial charge in [0.1, 0.15) is 13.2 Å². The summed E-state index contributed by atoms with van der Waals surface area (Å²) in [5.74, 6) is -0.712. The summed E-state index contributed by atoms with van der Waals surface area (Å²) in [5.41, 5.74) is 0. The summed E-state index contributed by atoms with van der Waals surface area (Å²) in [7, 11) is 0. The van der Waals surface area contributed by atoms with Crippen LogP contribution in [-0.4, -0.2) is 35.5 Å². The van der Waals surface area contributed by atoms with Crippen molar-refractivity contribution in [2.45, 2.75) is 13.0 Å². The van der Waals surface area contributed by atoms with Gasteiger partial charge in [-0.3, -0.25) is 0 Å². The van der Waals surface area contributed by atoms with Gasteiger partial charge in [0.2, 0.25) is 0 Å². The van der Waals surface area contributed by atoms with Crippen molar-refractivity contribution in [2.24, 2.45) is 0 Å². The summed E-state index contributed by atoms with van der Waals surface area (Å²) >= 11 is 0. The summed E-state index contributed by atoms with van der Waals surface area (Å²) in [6.07, 6.45) is -0.666. The maximum absolute atomic E-state index is 10.1. The lowest BCUT2D eigenvalue weighted by Crippen LogP contribution is -2.17. The van der Waals surface area contributed by atoms with Crippen LogP contribution in [0.2, 0.25) is 0 Å². The lowest BCUT2D eigenvalue weighted by atomic mass is 10.4. The average molecular weight is 134 g/mol. The number of carbonyl (C=O) groups is 1. The molecule has 0 aliphatic carbocycles. The van der Waals surface area contributed by atoms with E-state index in [2.05, 4.69) is 4.74 Å². The van der Waals surface area contributed by atoms with E-state index in [9.17, 15) is 4.79 Å². The first-order chi connectivity index (χ1) is 4.16. The fourth-order valence-electron chi connectivity index (χ4n) is 0.259. The summed E-state index contributed by atoms with van der Waals surface area (Å²) in [6.45, 7) is 0.802. The molecule has 0 aliphatic heterocycles. The van der Waals surface area contributed by atoms with E-state index in [-0.39, 0.29) is 6.61 Å². The van der Waals surface area contributed by atoms with Crippen LogP contribution in [0, 0.1) is 0 Å². The van der Waals surface area contributed by atoms with E-state index in [1.807, 2.05) is 0 Å². The smallest absolute Gasteiger partial charge is 0.331 e. The largest absolute Gasteiger partial charge is 0.461 e. The number of aliphatic hydroxyl groups excluding tert-OH is 2. The fourth-order valence-corrected chi connectivity index (χ4v) is 0.259. The third-order valence-corrected chi connectivity index (χ3v) is 0.615. The third-order valence-electron chi connectivity index (χ3n) is 0.615.